The van der Waals surface area contributed by atoms with Gasteiger partial charge in [0.1, 0.15) is 0 Å². The van der Waals surface area contributed by atoms with Crippen molar-refractivity contribution in [2.75, 3.05) is 13.2 Å². The molecule has 0 radical (unpaired) electrons. The topological polar surface area (TPSA) is 92.9 Å². The van der Waals surface area contributed by atoms with Crippen LogP contribution in [0.4, 0.5) is 0 Å². The minimum atomic E-state index is -0.759. The summed E-state index contributed by atoms with van der Waals surface area (Å²) < 4.78 is 7.73. The lowest BCUT2D eigenvalue weighted by atomic mass is 10.0. The van der Waals surface area contributed by atoms with Crippen LogP contribution in [0.25, 0.3) is 5.78 Å². The molecule has 146 valence electrons. The van der Waals surface area contributed by atoms with Crippen molar-refractivity contribution < 1.29 is 14.3 Å². The van der Waals surface area contributed by atoms with E-state index in [4.69, 9.17) is 4.74 Å². The third-order valence-electron chi connectivity index (χ3n) is 6.21. The molecule has 0 aliphatic carbocycles. The van der Waals surface area contributed by atoms with Crippen molar-refractivity contribution in [2.45, 2.75) is 30.7 Å². The van der Waals surface area contributed by atoms with Gasteiger partial charge in [-0.3, -0.25) is 9.59 Å². The van der Waals surface area contributed by atoms with Crippen LogP contribution in [0.5, 0.6) is 0 Å². The van der Waals surface area contributed by atoms with E-state index in [1.165, 1.54) is 4.52 Å². The number of aromatic nitrogens is 4. The number of hydrogen-bond acceptors (Lipinski definition) is 6. The summed E-state index contributed by atoms with van der Waals surface area (Å²) in [5.41, 5.74) is 0.293. The number of nitrogens with zero attached hydrogens (tertiary/aromatic N) is 6. The molecule has 3 fully saturated rings. The summed E-state index contributed by atoms with van der Waals surface area (Å²) in [6, 6.07) is 11.2. The van der Waals surface area contributed by atoms with E-state index in [1.807, 2.05) is 35.2 Å². The van der Waals surface area contributed by atoms with Gasteiger partial charge in [-0.05, 0) is 11.6 Å². The van der Waals surface area contributed by atoms with Crippen molar-refractivity contribution in [3.05, 3.63) is 60.2 Å². The normalized spacial score (nSPS) is 28.2. The van der Waals surface area contributed by atoms with Crippen LogP contribution in [0.1, 0.15) is 35.1 Å². The Morgan fingerprint density at radius 3 is 2.90 bits per heavy atom. The fourth-order valence-electron chi connectivity index (χ4n) is 4.96. The number of likely N-dealkylation sites (tertiary alicyclic amines) is 1. The van der Waals surface area contributed by atoms with E-state index in [0.717, 1.165) is 5.56 Å². The Bertz CT molecular complexity index is 1100. The first-order chi connectivity index (χ1) is 14.2. The van der Waals surface area contributed by atoms with Gasteiger partial charge in [0.2, 0.25) is 11.7 Å². The maximum absolute atomic E-state index is 13.2. The molecular weight excluding hydrogens is 372 g/mol. The average Bonchev–Trinajstić information content (AvgIpc) is 3.48. The standard InChI is InChI=1S/C20H18N6O3/c27-16-11-15-20(26(16)14(12-29-20)13-5-2-1-3-6-13)7-10-24(15)18(28)17-22-19-21-8-4-9-25(19)23-17/h1-6,8-9,14-15H,7,10-12H2/t14-,15+,20-/m0/s1. The van der Waals surface area contributed by atoms with E-state index in [0.29, 0.717) is 25.4 Å². The van der Waals surface area contributed by atoms with Gasteiger partial charge in [-0.15, -0.1) is 5.10 Å². The van der Waals surface area contributed by atoms with Crippen molar-refractivity contribution >= 4 is 17.6 Å². The zero-order valence-corrected chi connectivity index (χ0v) is 15.5. The molecule has 1 aromatic carbocycles. The molecule has 0 unspecified atom stereocenters. The fourth-order valence-corrected chi connectivity index (χ4v) is 4.96. The molecule has 3 saturated heterocycles. The van der Waals surface area contributed by atoms with Crippen LogP contribution in [-0.4, -0.2) is 66.1 Å². The molecule has 3 aliphatic heterocycles. The van der Waals surface area contributed by atoms with Crippen molar-refractivity contribution in [2.24, 2.45) is 0 Å². The summed E-state index contributed by atoms with van der Waals surface area (Å²) in [4.78, 5) is 38.1. The van der Waals surface area contributed by atoms with Crippen LogP contribution < -0.4 is 0 Å². The number of rotatable bonds is 2. The predicted octanol–water partition coefficient (Wildman–Crippen LogP) is 1.04. The molecule has 3 aromatic rings. The summed E-state index contributed by atoms with van der Waals surface area (Å²) >= 11 is 0. The van der Waals surface area contributed by atoms with E-state index in [9.17, 15) is 9.59 Å². The minimum Gasteiger partial charge on any atom is -0.351 e. The first-order valence-corrected chi connectivity index (χ1v) is 9.67. The minimum absolute atomic E-state index is 0.0171. The number of ether oxygens (including phenoxy) is 1. The average molecular weight is 390 g/mol. The van der Waals surface area contributed by atoms with E-state index in [-0.39, 0.29) is 36.1 Å². The van der Waals surface area contributed by atoms with Crippen molar-refractivity contribution in [1.29, 1.82) is 0 Å². The third kappa shape index (κ3) is 2.21. The lowest BCUT2D eigenvalue weighted by Gasteiger charge is -2.33. The highest BCUT2D eigenvalue weighted by molar-refractivity contribution is 5.93. The third-order valence-corrected chi connectivity index (χ3v) is 6.21. The fraction of sp³-hybridized carbons (Fsp3) is 0.350. The first-order valence-electron chi connectivity index (χ1n) is 9.67. The maximum Gasteiger partial charge on any atom is 0.294 e. The molecule has 2 amide bonds. The molecule has 3 aliphatic rings. The Kier molecular flexibility index (Phi) is 3.34. The molecule has 1 spiro atoms. The van der Waals surface area contributed by atoms with Gasteiger partial charge >= 0.3 is 0 Å². The highest BCUT2D eigenvalue weighted by Crippen LogP contribution is 2.51. The summed E-state index contributed by atoms with van der Waals surface area (Å²) in [5, 5.41) is 4.25. The second-order valence-corrected chi connectivity index (χ2v) is 7.61. The van der Waals surface area contributed by atoms with Gasteiger partial charge in [0.05, 0.1) is 25.1 Å². The highest BCUT2D eigenvalue weighted by Gasteiger charge is 2.65. The molecule has 0 N–H and O–H groups in total. The Hall–Kier alpha value is -3.33. The molecule has 29 heavy (non-hydrogen) atoms. The van der Waals surface area contributed by atoms with Crippen LogP contribution in [0, 0.1) is 0 Å². The summed E-state index contributed by atoms with van der Waals surface area (Å²) in [6.45, 7) is 0.933. The quantitative estimate of drug-likeness (QED) is 0.649. The van der Waals surface area contributed by atoms with Crippen molar-refractivity contribution in [1.82, 2.24) is 29.4 Å². The molecule has 9 nitrogen and oxygen atoms in total. The lowest BCUT2D eigenvalue weighted by molar-refractivity contribution is -0.138. The predicted molar refractivity (Wildman–Crippen MR) is 99.6 cm³/mol. The monoisotopic (exact) mass is 390 g/mol. The Morgan fingerprint density at radius 1 is 1.21 bits per heavy atom. The highest BCUT2D eigenvalue weighted by atomic mass is 16.5. The van der Waals surface area contributed by atoms with Gasteiger partial charge in [0.25, 0.3) is 11.7 Å². The van der Waals surface area contributed by atoms with Crippen molar-refractivity contribution in [3.8, 4) is 0 Å². The zero-order valence-electron chi connectivity index (χ0n) is 15.5. The van der Waals surface area contributed by atoms with Gasteiger partial charge in [-0.1, -0.05) is 30.3 Å². The summed E-state index contributed by atoms with van der Waals surface area (Å²) in [6.07, 6.45) is 4.14. The molecule has 5 heterocycles. The van der Waals surface area contributed by atoms with Crippen molar-refractivity contribution in [3.63, 3.8) is 0 Å². The van der Waals surface area contributed by atoms with Crippen LogP contribution in [0.15, 0.2) is 48.8 Å². The Balaban J connectivity index is 1.33. The summed E-state index contributed by atoms with van der Waals surface area (Å²) in [7, 11) is 0. The molecule has 2 aromatic heterocycles. The number of fused-ring (bicyclic) bond motifs is 1. The van der Waals surface area contributed by atoms with Crippen LogP contribution in [0.2, 0.25) is 0 Å². The number of carbonyl (C=O) groups excluding carboxylic acids is 2. The van der Waals surface area contributed by atoms with E-state index >= 15 is 0 Å². The SMILES string of the molecule is O=C(c1nc2ncccn2n1)N1CC[C@@]23OC[C@@H](c4ccccc4)N2C(=O)C[C@@H]13. The van der Waals surface area contributed by atoms with Crippen LogP contribution in [-0.2, 0) is 9.53 Å². The zero-order chi connectivity index (χ0) is 19.6. The largest absolute Gasteiger partial charge is 0.351 e. The van der Waals surface area contributed by atoms with Gasteiger partial charge in [-0.2, -0.15) is 4.98 Å². The molecule has 9 heteroatoms. The molecule has 3 atom stereocenters. The molecular formula is C20H18N6O3. The van der Waals surface area contributed by atoms with E-state index in [1.54, 1.807) is 23.4 Å². The van der Waals surface area contributed by atoms with Gasteiger partial charge in [0, 0.05) is 25.4 Å². The smallest absolute Gasteiger partial charge is 0.294 e. The van der Waals surface area contributed by atoms with E-state index < -0.39 is 5.72 Å². The van der Waals surface area contributed by atoms with E-state index in [2.05, 4.69) is 15.1 Å². The summed E-state index contributed by atoms with van der Waals surface area (Å²) in [5.74, 6) is 0.182. The number of benzene rings is 1. The second kappa shape index (κ2) is 5.84. The molecule has 0 bridgehead atoms. The molecule has 0 saturated carbocycles. The Labute approximate surface area is 165 Å². The van der Waals surface area contributed by atoms with Gasteiger partial charge < -0.3 is 14.5 Å². The van der Waals surface area contributed by atoms with Gasteiger partial charge in [0.15, 0.2) is 5.72 Å². The van der Waals surface area contributed by atoms with Crippen LogP contribution >= 0.6 is 0 Å². The molecule has 6 rings (SSSR count). The Morgan fingerprint density at radius 2 is 2.07 bits per heavy atom. The second-order valence-electron chi connectivity index (χ2n) is 7.61. The lowest BCUT2D eigenvalue weighted by Crippen LogP contribution is -2.49. The first kappa shape index (κ1) is 16.6. The maximum atomic E-state index is 13.2. The number of hydrogen-bond donors (Lipinski definition) is 0. The van der Waals surface area contributed by atoms with Crippen LogP contribution in [0.3, 0.4) is 0 Å². The number of amides is 2. The van der Waals surface area contributed by atoms with Gasteiger partial charge in [-0.25, -0.2) is 9.50 Å². The number of carbonyl (C=O) groups is 2.